The fourth-order valence-corrected chi connectivity index (χ4v) is 1.85. The minimum Gasteiger partial charge on any atom is -0.454 e. The predicted molar refractivity (Wildman–Crippen MR) is 76.4 cm³/mol. The normalized spacial score (nSPS) is 14.3. The van der Waals surface area contributed by atoms with Gasteiger partial charge in [0.05, 0.1) is 5.41 Å². The van der Waals surface area contributed by atoms with Crippen molar-refractivity contribution >= 4 is 5.97 Å². The van der Waals surface area contributed by atoms with Crippen LogP contribution >= 0.6 is 0 Å². The Morgan fingerprint density at radius 1 is 1.05 bits per heavy atom. The third-order valence-electron chi connectivity index (χ3n) is 3.10. The number of hydrogen-bond donors (Lipinski definition) is 0. The lowest BCUT2D eigenvalue weighted by molar-refractivity contribution is -0.143. The molecule has 0 spiro atoms. The molecule has 0 atom stereocenters. The number of carbonyl (C=O) groups excluding carboxylic acids is 1. The van der Waals surface area contributed by atoms with Gasteiger partial charge >= 0.3 is 5.97 Å². The molecule has 0 unspecified atom stereocenters. The highest BCUT2D eigenvalue weighted by Crippen LogP contribution is 2.43. The van der Waals surface area contributed by atoms with Crippen LogP contribution in [-0.2, 0) is 10.2 Å². The first-order valence-electron chi connectivity index (χ1n) is 6.75. The summed E-state index contributed by atoms with van der Waals surface area (Å²) >= 11 is 0. The Morgan fingerprint density at radius 2 is 1.60 bits per heavy atom. The summed E-state index contributed by atoms with van der Waals surface area (Å²) < 4.78 is 16.3. The molecule has 0 bridgehead atoms. The van der Waals surface area contributed by atoms with Gasteiger partial charge in [-0.3, -0.25) is 4.79 Å². The first-order chi connectivity index (χ1) is 9.09. The molecule has 0 aliphatic carbocycles. The Labute approximate surface area is 120 Å². The molecule has 1 heterocycles. The lowest BCUT2D eigenvalue weighted by Gasteiger charge is -2.24. The van der Waals surface area contributed by atoms with E-state index in [2.05, 4.69) is 20.8 Å². The van der Waals surface area contributed by atoms with Gasteiger partial charge in [0.15, 0.2) is 11.5 Å². The molecular weight excluding hydrogens is 256 g/mol. The SMILES string of the molecule is CC(C)(C)C(=O)Oc1cc2c(cc1C(C)(C)C)OCO2. The molecule has 0 saturated carbocycles. The summed E-state index contributed by atoms with van der Waals surface area (Å²) in [6, 6.07) is 3.64. The molecular formula is C16H22O4. The van der Waals surface area contributed by atoms with Crippen LogP contribution in [0.1, 0.15) is 47.1 Å². The molecule has 0 aromatic heterocycles. The minimum absolute atomic E-state index is 0.158. The highest BCUT2D eigenvalue weighted by Gasteiger charge is 2.29. The minimum atomic E-state index is -0.550. The maximum absolute atomic E-state index is 12.1. The lowest BCUT2D eigenvalue weighted by atomic mass is 9.86. The van der Waals surface area contributed by atoms with E-state index in [4.69, 9.17) is 14.2 Å². The quantitative estimate of drug-likeness (QED) is 0.581. The Hall–Kier alpha value is -1.71. The van der Waals surface area contributed by atoms with Gasteiger partial charge in [0.25, 0.3) is 0 Å². The standard InChI is InChI=1S/C16H22O4/c1-15(2,3)10-7-12-13(19-9-18-12)8-11(10)20-14(17)16(4,5)6/h7-8H,9H2,1-6H3. The molecule has 1 aromatic carbocycles. The highest BCUT2D eigenvalue weighted by atomic mass is 16.7. The first kappa shape index (κ1) is 14.7. The van der Waals surface area contributed by atoms with Crippen molar-refractivity contribution in [2.45, 2.75) is 47.0 Å². The van der Waals surface area contributed by atoms with Crippen LogP contribution in [-0.4, -0.2) is 12.8 Å². The van der Waals surface area contributed by atoms with E-state index in [1.807, 2.05) is 26.8 Å². The zero-order valence-electron chi connectivity index (χ0n) is 13.0. The molecule has 1 aliphatic rings. The molecule has 20 heavy (non-hydrogen) atoms. The average Bonchev–Trinajstić information content (AvgIpc) is 2.72. The van der Waals surface area contributed by atoms with Crippen LogP contribution in [0, 0.1) is 5.41 Å². The van der Waals surface area contributed by atoms with Crippen molar-refractivity contribution in [2.75, 3.05) is 6.79 Å². The fourth-order valence-electron chi connectivity index (χ4n) is 1.85. The summed E-state index contributed by atoms with van der Waals surface area (Å²) in [5, 5.41) is 0. The van der Waals surface area contributed by atoms with Crippen LogP contribution < -0.4 is 14.2 Å². The number of benzene rings is 1. The van der Waals surface area contributed by atoms with Crippen molar-refractivity contribution in [1.29, 1.82) is 0 Å². The zero-order chi connectivity index (χ0) is 15.1. The number of rotatable bonds is 1. The zero-order valence-corrected chi connectivity index (χ0v) is 13.0. The third kappa shape index (κ3) is 2.89. The van der Waals surface area contributed by atoms with Gasteiger partial charge in [-0.25, -0.2) is 0 Å². The summed E-state index contributed by atoms with van der Waals surface area (Å²) in [5.74, 6) is 1.60. The molecule has 4 heteroatoms. The van der Waals surface area contributed by atoms with E-state index in [9.17, 15) is 4.79 Å². The second-order valence-electron chi connectivity index (χ2n) is 7.09. The van der Waals surface area contributed by atoms with E-state index < -0.39 is 5.41 Å². The van der Waals surface area contributed by atoms with Crippen LogP contribution in [0.3, 0.4) is 0 Å². The number of carbonyl (C=O) groups is 1. The van der Waals surface area contributed by atoms with Gasteiger partial charge in [-0.2, -0.15) is 0 Å². The van der Waals surface area contributed by atoms with E-state index in [-0.39, 0.29) is 18.2 Å². The van der Waals surface area contributed by atoms with E-state index in [0.29, 0.717) is 17.2 Å². The molecule has 0 fully saturated rings. The number of ether oxygens (including phenoxy) is 3. The van der Waals surface area contributed by atoms with Gasteiger partial charge in [0, 0.05) is 11.6 Å². The first-order valence-corrected chi connectivity index (χ1v) is 6.75. The van der Waals surface area contributed by atoms with Gasteiger partial charge in [-0.15, -0.1) is 0 Å². The van der Waals surface area contributed by atoms with Crippen LogP contribution in [0.2, 0.25) is 0 Å². The molecule has 0 amide bonds. The fraction of sp³-hybridized carbons (Fsp3) is 0.562. The van der Waals surface area contributed by atoms with Crippen molar-refractivity contribution in [3.05, 3.63) is 17.7 Å². The van der Waals surface area contributed by atoms with E-state index in [0.717, 1.165) is 5.56 Å². The summed E-state index contributed by atoms with van der Waals surface area (Å²) in [5.41, 5.74) is 0.222. The molecule has 1 aliphatic heterocycles. The van der Waals surface area contributed by atoms with Crippen LogP contribution in [0.4, 0.5) is 0 Å². The smallest absolute Gasteiger partial charge is 0.316 e. The topological polar surface area (TPSA) is 44.8 Å². The van der Waals surface area contributed by atoms with Crippen molar-refractivity contribution in [1.82, 2.24) is 0 Å². The van der Waals surface area contributed by atoms with Gasteiger partial charge in [-0.1, -0.05) is 20.8 Å². The van der Waals surface area contributed by atoms with Crippen molar-refractivity contribution in [2.24, 2.45) is 5.41 Å². The van der Waals surface area contributed by atoms with Gasteiger partial charge < -0.3 is 14.2 Å². The van der Waals surface area contributed by atoms with Crippen LogP contribution in [0.25, 0.3) is 0 Å². The molecule has 2 rings (SSSR count). The monoisotopic (exact) mass is 278 g/mol. The molecule has 0 radical (unpaired) electrons. The Kier molecular flexibility index (Phi) is 3.44. The third-order valence-corrected chi connectivity index (χ3v) is 3.10. The molecule has 0 N–H and O–H groups in total. The summed E-state index contributed by atoms with van der Waals surface area (Å²) in [6.07, 6.45) is 0. The molecule has 110 valence electrons. The lowest BCUT2D eigenvalue weighted by Crippen LogP contribution is -2.27. The van der Waals surface area contributed by atoms with E-state index in [1.165, 1.54) is 0 Å². The van der Waals surface area contributed by atoms with Crippen LogP contribution in [0.15, 0.2) is 12.1 Å². The van der Waals surface area contributed by atoms with E-state index >= 15 is 0 Å². The van der Waals surface area contributed by atoms with Crippen molar-refractivity contribution < 1.29 is 19.0 Å². The average molecular weight is 278 g/mol. The largest absolute Gasteiger partial charge is 0.454 e. The Morgan fingerprint density at radius 3 is 2.10 bits per heavy atom. The van der Waals surface area contributed by atoms with Crippen molar-refractivity contribution in [3.63, 3.8) is 0 Å². The number of fused-ring (bicyclic) bond motifs is 1. The van der Waals surface area contributed by atoms with Gasteiger partial charge in [-0.05, 0) is 32.3 Å². The summed E-state index contributed by atoms with van der Waals surface area (Å²) in [7, 11) is 0. The molecule has 1 aromatic rings. The summed E-state index contributed by atoms with van der Waals surface area (Å²) in [6.45, 7) is 11.9. The maximum Gasteiger partial charge on any atom is 0.316 e. The van der Waals surface area contributed by atoms with Gasteiger partial charge in [0.1, 0.15) is 5.75 Å². The highest BCUT2D eigenvalue weighted by molar-refractivity contribution is 5.78. The van der Waals surface area contributed by atoms with E-state index in [1.54, 1.807) is 6.07 Å². The number of hydrogen-bond acceptors (Lipinski definition) is 4. The molecule has 4 nitrogen and oxygen atoms in total. The summed E-state index contributed by atoms with van der Waals surface area (Å²) in [4.78, 5) is 12.1. The van der Waals surface area contributed by atoms with Crippen LogP contribution in [0.5, 0.6) is 17.2 Å². The second-order valence-corrected chi connectivity index (χ2v) is 7.09. The van der Waals surface area contributed by atoms with Crippen molar-refractivity contribution in [3.8, 4) is 17.2 Å². The predicted octanol–water partition coefficient (Wildman–Crippen LogP) is 3.66. The molecule has 0 saturated heterocycles. The Bertz CT molecular complexity index is 533. The second kappa shape index (κ2) is 4.69. The Balaban J connectivity index is 2.43. The number of esters is 1. The van der Waals surface area contributed by atoms with Gasteiger partial charge in [0.2, 0.25) is 6.79 Å². The maximum atomic E-state index is 12.1.